The minimum Gasteiger partial charge on any atom is -0.373 e. The number of pyridine rings is 1. The molecule has 2 rings (SSSR count). The average molecular weight is 275 g/mol. The van der Waals surface area contributed by atoms with E-state index in [9.17, 15) is 4.79 Å². The van der Waals surface area contributed by atoms with Gasteiger partial charge in [0.15, 0.2) is 0 Å². The molecule has 0 aromatic carbocycles. The van der Waals surface area contributed by atoms with E-state index in [1.54, 1.807) is 25.1 Å². The summed E-state index contributed by atoms with van der Waals surface area (Å²) in [6.07, 6.45) is 6.29. The first kappa shape index (κ1) is 14.5. The van der Waals surface area contributed by atoms with Crippen molar-refractivity contribution < 1.29 is 9.53 Å². The van der Waals surface area contributed by atoms with Crippen LogP contribution >= 0.6 is 0 Å². The summed E-state index contributed by atoms with van der Waals surface area (Å²) in [7, 11) is 3.55. The number of ether oxygens (including phenoxy) is 1. The summed E-state index contributed by atoms with van der Waals surface area (Å²) in [5, 5.41) is 0. The second kappa shape index (κ2) is 6.52. The van der Waals surface area contributed by atoms with Crippen LogP contribution in [0.3, 0.4) is 0 Å². The van der Waals surface area contributed by atoms with Gasteiger partial charge in [-0.3, -0.25) is 4.98 Å². The summed E-state index contributed by atoms with van der Waals surface area (Å²) in [4.78, 5) is 19.7. The van der Waals surface area contributed by atoms with Crippen LogP contribution in [0.15, 0.2) is 25.0 Å². The highest BCUT2D eigenvalue weighted by molar-refractivity contribution is 5.74. The molecule has 0 N–H and O–H groups in total. The topological polar surface area (TPSA) is 45.7 Å². The number of carbonyl (C=O) groups excluding carboxylic acids is 1. The largest absolute Gasteiger partial charge is 0.373 e. The van der Waals surface area contributed by atoms with Gasteiger partial charge in [-0.15, -0.1) is 6.58 Å². The number of urea groups is 1. The highest BCUT2D eigenvalue weighted by atomic mass is 16.5. The summed E-state index contributed by atoms with van der Waals surface area (Å²) in [6, 6.07) is 0.0453. The van der Waals surface area contributed by atoms with Crippen LogP contribution < -0.4 is 0 Å². The van der Waals surface area contributed by atoms with Crippen molar-refractivity contribution in [2.45, 2.75) is 19.6 Å². The zero-order valence-electron chi connectivity index (χ0n) is 12.1. The van der Waals surface area contributed by atoms with Gasteiger partial charge in [0.05, 0.1) is 13.2 Å². The second-order valence-corrected chi connectivity index (χ2v) is 5.09. The van der Waals surface area contributed by atoms with Crippen LogP contribution in [0.2, 0.25) is 0 Å². The molecule has 0 spiro atoms. The van der Waals surface area contributed by atoms with Gasteiger partial charge in [-0.2, -0.15) is 0 Å². The molecule has 2 heterocycles. The van der Waals surface area contributed by atoms with Gasteiger partial charge in [0.25, 0.3) is 0 Å². The van der Waals surface area contributed by atoms with E-state index in [-0.39, 0.29) is 6.03 Å². The van der Waals surface area contributed by atoms with E-state index in [2.05, 4.69) is 11.6 Å². The number of amides is 2. The Hall–Kier alpha value is -1.88. The van der Waals surface area contributed by atoms with Crippen molar-refractivity contribution in [2.24, 2.45) is 0 Å². The third kappa shape index (κ3) is 3.17. The Balaban J connectivity index is 2.11. The smallest absolute Gasteiger partial charge is 0.319 e. The standard InChI is InChI=1S/C15H21N3O2/c1-4-7-20-11-13-9-16-8-12-10-18(6-5-14(12)13)15(19)17(2)3/h4,8-9H,1,5-7,10-11H2,2-3H3. The molecule has 0 aliphatic carbocycles. The van der Waals surface area contributed by atoms with Crippen LogP contribution in [0, 0.1) is 0 Å². The Kier molecular flexibility index (Phi) is 4.74. The van der Waals surface area contributed by atoms with Crippen molar-refractivity contribution in [3.8, 4) is 0 Å². The van der Waals surface area contributed by atoms with Crippen molar-refractivity contribution in [3.63, 3.8) is 0 Å². The molecular formula is C15H21N3O2. The first-order valence-corrected chi connectivity index (χ1v) is 6.73. The maximum Gasteiger partial charge on any atom is 0.319 e. The molecule has 5 heteroatoms. The Morgan fingerprint density at radius 1 is 1.55 bits per heavy atom. The monoisotopic (exact) mass is 275 g/mol. The highest BCUT2D eigenvalue weighted by Gasteiger charge is 2.23. The summed E-state index contributed by atoms with van der Waals surface area (Å²) < 4.78 is 5.50. The third-order valence-electron chi connectivity index (χ3n) is 3.38. The number of rotatable bonds is 4. The molecule has 0 saturated carbocycles. The maximum atomic E-state index is 12.0. The molecule has 1 aromatic heterocycles. The molecule has 0 atom stereocenters. The second-order valence-electron chi connectivity index (χ2n) is 5.09. The number of carbonyl (C=O) groups is 1. The van der Waals surface area contributed by atoms with Crippen molar-refractivity contribution in [1.29, 1.82) is 0 Å². The molecule has 0 saturated heterocycles. The lowest BCUT2D eigenvalue weighted by molar-refractivity contribution is 0.146. The zero-order chi connectivity index (χ0) is 14.5. The number of nitrogens with zero attached hydrogens (tertiary/aromatic N) is 3. The number of hydrogen-bond donors (Lipinski definition) is 0. The van der Waals surface area contributed by atoms with E-state index >= 15 is 0 Å². The van der Waals surface area contributed by atoms with Gasteiger partial charge in [-0.05, 0) is 23.1 Å². The van der Waals surface area contributed by atoms with Crippen molar-refractivity contribution >= 4 is 6.03 Å². The quantitative estimate of drug-likeness (QED) is 0.622. The zero-order valence-corrected chi connectivity index (χ0v) is 12.1. The molecule has 0 radical (unpaired) electrons. The number of aromatic nitrogens is 1. The fourth-order valence-corrected chi connectivity index (χ4v) is 2.39. The normalized spacial score (nSPS) is 13.8. The summed E-state index contributed by atoms with van der Waals surface area (Å²) in [5.74, 6) is 0. The van der Waals surface area contributed by atoms with Crippen LogP contribution in [-0.2, 0) is 24.3 Å². The van der Waals surface area contributed by atoms with E-state index in [1.165, 1.54) is 5.56 Å². The molecule has 1 aromatic rings. The number of fused-ring (bicyclic) bond motifs is 1. The van der Waals surface area contributed by atoms with E-state index < -0.39 is 0 Å². The van der Waals surface area contributed by atoms with Gasteiger partial charge in [0.1, 0.15) is 0 Å². The molecule has 5 nitrogen and oxygen atoms in total. The van der Waals surface area contributed by atoms with Gasteiger partial charge in [-0.25, -0.2) is 4.79 Å². The summed E-state index contributed by atoms with van der Waals surface area (Å²) in [5.41, 5.74) is 3.50. The molecule has 20 heavy (non-hydrogen) atoms. The highest BCUT2D eigenvalue weighted by Crippen LogP contribution is 2.22. The van der Waals surface area contributed by atoms with E-state index in [0.717, 1.165) is 24.1 Å². The van der Waals surface area contributed by atoms with Gasteiger partial charge < -0.3 is 14.5 Å². The minimum atomic E-state index is 0.0453. The summed E-state index contributed by atoms with van der Waals surface area (Å²) >= 11 is 0. The first-order valence-electron chi connectivity index (χ1n) is 6.73. The first-order chi connectivity index (χ1) is 9.63. The van der Waals surface area contributed by atoms with E-state index in [4.69, 9.17) is 4.74 Å². The fraction of sp³-hybridized carbons (Fsp3) is 0.467. The molecular weight excluding hydrogens is 254 g/mol. The molecule has 2 amide bonds. The predicted molar refractivity (Wildman–Crippen MR) is 77.3 cm³/mol. The Morgan fingerprint density at radius 3 is 3.05 bits per heavy atom. The van der Waals surface area contributed by atoms with E-state index in [0.29, 0.717) is 19.8 Å². The van der Waals surface area contributed by atoms with Gasteiger partial charge >= 0.3 is 6.03 Å². The molecule has 0 unspecified atom stereocenters. The molecule has 0 fully saturated rings. The van der Waals surface area contributed by atoms with Crippen LogP contribution in [0.25, 0.3) is 0 Å². The van der Waals surface area contributed by atoms with Crippen molar-refractivity contribution in [1.82, 2.24) is 14.8 Å². The average Bonchev–Trinajstić information content (AvgIpc) is 2.46. The van der Waals surface area contributed by atoms with Gasteiger partial charge in [0.2, 0.25) is 0 Å². The SMILES string of the molecule is C=CCOCc1cncc2c1CCN(C(=O)N(C)C)C2. The van der Waals surface area contributed by atoms with E-state index in [1.807, 2.05) is 17.3 Å². The minimum absolute atomic E-state index is 0.0453. The van der Waals surface area contributed by atoms with Crippen LogP contribution in [-0.4, -0.2) is 48.1 Å². The lowest BCUT2D eigenvalue weighted by Crippen LogP contribution is -2.42. The third-order valence-corrected chi connectivity index (χ3v) is 3.38. The Labute approximate surface area is 119 Å². The molecule has 1 aliphatic rings. The van der Waals surface area contributed by atoms with Gasteiger partial charge in [-0.1, -0.05) is 6.08 Å². The van der Waals surface area contributed by atoms with Crippen LogP contribution in [0.1, 0.15) is 16.7 Å². The van der Waals surface area contributed by atoms with Crippen LogP contribution in [0.4, 0.5) is 4.79 Å². The number of hydrogen-bond acceptors (Lipinski definition) is 3. The maximum absolute atomic E-state index is 12.0. The lowest BCUT2D eigenvalue weighted by Gasteiger charge is -2.31. The molecule has 108 valence electrons. The Bertz CT molecular complexity index is 500. The molecule has 0 bridgehead atoms. The lowest BCUT2D eigenvalue weighted by atomic mass is 9.97. The Morgan fingerprint density at radius 2 is 2.35 bits per heavy atom. The van der Waals surface area contributed by atoms with Crippen LogP contribution in [0.5, 0.6) is 0 Å². The van der Waals surface area contributed by atoms with Gasteiger partial charge in [0, 0.05) is 39.6 Å². The molecule has 1 aliphatic heterocycles. The summed E-state index contributed by atoms with van der Waals surface area (Å²) in [6.45, 7) is 6.08. The van der Waals surface area contributed by atoms with Crippen molar-refractivity contribution in [3.05, 3.63) is 41.7 Å². The predicted octanol–water partition coefficient (Wildman–Crippen LogP) is 1.82. The van der Waals surface area contributed by atoms with Crippen molar-refractivity contribution in [2.75, 3.05) is 27.2 Å². The fourth-order valence-electron chi connectivity index (χ4n) is 2.39.